The second-order valence-corrected chi connectivity index (χ2v) is 3.42. The van der Waals surface area contributed by atoms with E-state index < -0.39 is 5.82 Å². The first-order valence-corrected chi connectivity index (χ1v) is 4.68. The molecule has 2 N–H and O–H groups in total. The van der Waals surface area contributed by atoms with E-state index in [1.165, 1.54) is 19.2 Å². The Bertz CT molecular complexity index is 523. The van der Waals surface area contributed by atoms with Crippen LogP contribution in [-0.4, -0.2) is 12.3 Å². The SMILES string of the molecule is COc1cc(F)c(-c2cc(N)on2)cc1C. The molecule has 84 valence electrons. The fraction of sp³-hybridized carbons (Fsp3) is 0.182. The minimum Gasteiger partial charge on any atom is -0.496 e. The first-order chi connectivity index (χ1) is 7.61. The number of hydrogen-bond acceptors (Lipinski definition) is 4. The molecule has 2 aromatic rings. The van der Waals surface area contributed by atoms with Crippen molar-refractivity contribution in [2.24, 2.45) is 0 Å². The third kappa shape index (κ3) is 1.71. The van der Waals surface area contributed by atoms with Gasteiger partial charge in [0, 0.05) is 17.7 Å². The average Bonchev–Trinajstić information content (AvgIpc) is 2.67. The summed E-state index contributed by atoms with van der Waals surface area (Å²) in [5.74, 6) is 0.233. The molecule has 0 aliphatic heterocycles. The second-order valence-electron chi connectivity index (χ2n) is 3.42. The van der Waals surface area contributed by atoms with Crippen LogP contribution in [0.3, 0.4) is 0 Å². The van der Waals surface area contributed by atoms with Crippen molar-refractivity contribution in [1.82, 2.24) is 5.16 Å². The van der Waals surface area contributed by atoms with Crippen molar-refractivity contribution in [2.75, 3.05) is 12.8 Å². The largest absolute Gasteiger partial charge is 0.496 e. The molecular formula is C11H11FN2O2. The number of halogens is 1. The monoisotopic (exact) mass is 222 g/mol. The highest BCUT2D eigenvalue weighted by Gasteiger charge is 2.12. The van der Waals surface area contributed by atoms with Crippen LogP contribution >= 0.6 is 0 Å². The van der Waals surface area contributed by atoms with E-state index in [1.807, 2.05) is 6.92 Å². The van der Waals surface area contributed by atoms with Gasteiger partial charge >= 0.3 is 0 Å². The molecule has 0 saturated heterocycles. The van der Waals surface area contributed by atoms with Crippen molar-refractivity contribution in [3.63, 3.8) is 0 Å². The van der Waals surface area contributed by atoms with Gasteiger partial charge in [-0.15, -0.1) is 0 Å². The van der Waals surface area contributed by atoms with Crippen molar-refractivity contribution in [2.45, 2.75) is 6.92 Å². The molecule has 4 nitrogen and oxygen atoms in total. The highest BCUT2D eigenvalue weighted by Crippen LogP contribution is 2.29. The molecule has 0 fully saturated rings. The Labute approximate surface area is 91.8 Å². The number of benzene rings is 1. The molecule has 0 aliphatic carbocycles. The van der Waals surface area contributed by atoms with Gasteiger partial charge < -0.3 is 15.0 Å². The number of ether oxygens (including phenoxy) is 1. The number of nitrogen functional groups attached to an aromatic ring is 1. The molecular weight excluding hydrogens is 211 g/mol. The molecule has 0 bridgehead atoms. The maximum Gasteiger partial charge on any atom is 0.222 e. The zero-order valence-electron chi connectivity index (χ0n) is 8.95. The normalized spacial score (nSPS) is 10.4. The average molecular weight is 222 g/mol. The molecule has 0 unspecified atom stereocenters. The summed E-state index contributed by atoms with van der Waals surface area (Å²) < 4.78 is 23.4. The maximum atomic E-state index is 13.7. The number of rotatable bonds is 2. The van der Waals surface area contributed by atoms with Gasteiger partial charge in [-0.2, -0.15) is 0 Å². The van der Waals surface area contributed by atoms with Gasteiger partial charge in [0.05, 0.1) is 7.11 Å². The third-order valence-corrected chi connectivity index (χ3v) is 2.29. The molecule has 16 heavy (non-hydrogen) atoms. The van der Waals surface area contributed by atoms with Crippen LogP contribution in [0.5, 0.6) is 5.75 Å². The number of aromatic nitrogens is 1. The zero-order chi connectivity index (χ0) is 11.7. The van der Waals surface area contributed by atoms with Crippen molar-refractivity contribution >= 4 is 5.88 Å². The van der Waals surface area contributed by atoms with Crippen LogP contribution in [0.25, 0.3) is 11.3 Å². The molecule has 0 spiro atoms. The lowest BCUT2D eigenvalue weighted by atomic mass is 10.1. The second kappa shape index (κ2) is 3.84. The standard InChI is InChI=1S/C11H11FN2O2/c1-6-3-7(8(12)4-10(6)15-2)9-5-11(13)16-14-9/h3-5H,13H2,1-2H3. The predicted molar refractivity (Wildman–Crippen MR) is 57.6 cm³/mol. The minimum atomic E-state index is -0.421. The molecule has 5 heteroatoms. The summed E-state index contributed by atoms with van der Waals surface area (Å²) in [5.41, 5.74) is 6.93. The van der Waals surface area contributed by atoms with Gasteiger partial charge in [0.15, 0.2) is 0 Å². The summed E-state index contributed by atoms with van der Waals surface area (Å²) in [5, 5.41) is 3.66. The summed E-state index contributed by atoms with van der Waals surface area (Å²) >= 11 is 0. The minimum absolute atomic E-state index is 0.155. The van der Waals surface area contributed by atoms with E-state index in [9.17, 15) is 4.39 Å². The van der Waals surface area contributed by atoms with Crippen LogP contribution in [0.4, 0.5) is 10.3 Å². The first-order valence-electron chi connectivity index (χ1n) is 4.68. The van der Waals surface area contributed by atoms with Gasteiger partial charge in [0.2, 0.25) is 5.88 Å². The number of aryl methyl sites for hydroxylation is 1. The number of hydrogen-bond donors (Lipinski definition) is 1. The van der Waals surface area contributed by atoms with E-state index in [1.54, 1.807) is 6.07 Å². The molecule has 2 rings (SSSR count). The Kier molecular flexibility index (Phi) is 2.52. The highest BCUT2D eigenvalue weighted by molar-refractivity contribution is 5.64. The van der Waals surface area contributed by atoms with Gasteiger partial charge in [0.1, 0.15) is 17.3 Å². The Morgan fingerprint density at radius 1 is 1.38 bits per heavy atom. The molecule has 0 amide bonds. The quantitative estimate of drug-likeness (QED) is 0.847. The zero-order valence-corrected chi connectivity index (χ0v) is 8.95. The lowest BCUT2D eigenvalue weighted by Gasteiger charge is -2.06. The molecule has 0 aliphatic rings. The number of nitrogens with two attached hydrogens (primary N) is 1. The van der Waals surface area contributed by atoms with Gasteiger partial charge in [-0.3, -0.25) is 0 Å². The summed E-state index contributed by atoms with van der Waals surface area (Å²) in [6.07, 6.45) is 0. The van der Waals surface area contributed by atoms with Gasteiger partial charge in [-0.05, 0) is 18.6 Å². The summed E-state index contributed by atoms with van der Waals surface area (Å²) in [6.45, 7) is 1.82. The van der Waals surface area contributed by atoms with E-state index >= 15 is 0 Å². The fourth-order valence-corrected chi connectivity index (χ4v) is 1.50. The van der Waals surface area contributed by atoms with Crippen molar-refractivity contribution < 1.29 is 13.7 Å². The maximum absolute atomic E-state index is 13.7. The molecule has 0 radical (unpaired) electrons. The predicted octanol–water partition coefficient (Wildman–Crippen LogP) is 2.38. The fourth-order valence-electron chi connectivity index (χ4n) is 1.50. The number of methoxy groups -OCH3 is 1. The van der Waals surface area contributed by atoms with Crippen LogP contribution in [0.2, 0.25) is 0 Å². The van der Waals surface area contributed by atoms with E-state index in [2.05, 4.69) is 5.16 Å². The summed E-state index contributed by atoms with van der Waals surface area (Å²) in [6, 6.07) is 4.44. The Hall–Kier alpha value is -2.04. The molecule has 0 saturated carbocycles. The van der Waals surface area contributed by atoms with Crippen molar-refractivity contribution in [3.8, 4) is 17.0 Å². The summed E-state index contributed by atoms with van der Waals surface area (Å²) in [7, 11) is 1.50. The molecule has 0 atom stereocenters. The van der Waals surface area contributed by atoms with E-state index in [-0.39, 0.29) is 5.88 Å². The molecule has 1 aromatic heterocycles. The van der Waals surface area contributed by atoms with Crippen LogP contribution in [0.1, 0.15) is 5.56 Å². The van der Waals surface area contributed by atoms with Gasteiger partial charge in [-0.25, -0.2) is 4.39 Å². The van der Waals surface area contributed by atoms with Gasteiger partial charge in [-0.1, -0.05) is 5.16 Å². The number of anilines is 1. The lowest BCUT2D eigenvalue weighted by Crippen LogP contribution is -1.92. The highest BCUT2D eigenvalue weighted by atomic mass is 19.1. The Morgan fingerprint density at radius 2 is 2.12 bits per heavy atom. The first kappa shape index (κ1) is 10.5. The van der Waals surface area contributed by atoms with E-state index in [4.69, 9.17) is 15.0 Å². The van der Waals surface area contributed by atoms with Crippen LogP contribution in [0, 0.1) is 12.7 Å². The topological polar surface area (TPSA) is 61.3 Å². The van der Waals surface area contributed by atoms with Crippen LogP contribution < -0.4 is 10.5 Å². The summed E-state index contributed by atoms with van der Waals surface area (Å²) in [4.78, 5) is 0. The van der Waals surface area contributed by atoms with Crippen molar-refractivity contribution in [3.05, 3.63) is 29.6 Å². The smallest absolute Gasteiger partial charge is 0.222 e. The van der Waals surface area contributed by atoms with Gasteiger partial charge in [0.25, 0.3) is 0 Å². The van der Waals surface area contributed by atoms with E-state index in [0.717, 1.165) is 5.56 Å². The molecule has 1 heterocycles. The van der Waals surface area contributed by atoms with Crippen LogP contribution in [0.15, 0.2) is 22.7 Å². The lowest BCUT2D eigenvalue weighted by molar-refractivity contribution is 0.408. The molecule has 1 aromatic carbocycles. The van der Waals surface area contributed by atoms with Crippen LogP contribution in [-0.2, 0) is 0 Å². The number of nitrogens with zero attached hydrogens (tertiary/aromatic N) is 1. The van der Waals surface area contributed by atoms with Crippen molar-refractivity contribution in [1.29, 1.82) is 0 Å². The third-order valence-electron chi connectivity index (χ3n) is 2.29. The Balaban J connectivity index is 2.54. The van der Waals surface area contributed by atoms with E-state index in [0.29, 0.717) is 17.0 Å². The Morgan fingerprint density at radius 3 is 2.69 bits per heavy atom.